The Labute approximate surface area is 212 Å². The zero-order valence-electron chi connectivity index (χ0n) is 22.4. The summed E-state index contributed by atoms with van der Waals surface area (Å²) in [5.41, 5.74) is 1.66. The molecular weight excluding hydrogens is 434 g/mol. The highest BCUT2D eigenvalue weighted by molar-refractivity contribution is 5.56. The highest BCUT2D eigenvalue weighted by Crippen LogP contribution is 2.53. The number of rotatable bonds is 5. The van der Waals surface area contributed by atoms with Crippen LogP contribution < -0.4 is 9.47 Å². The van der Waals surface area contributed by atoms with E-state index in [-0.39, 0.29) is 11.3 Å². The Morgan fingerprint density at radius 2 is 1.83 bits per heavy atom. The molecule has 1 N–H and O–H groups in total. The molecule has 190 valence electrons. The Balaban J connectivity index is 1.87. The van der Waals surface area contributed by atoms with Crippen molar-refractivity contribution in [1.29, 1.82) is 0 Å². The fourth-order valence-electron chi connectivity index (χ4n) is 6.41. The van der Waals surface area contributed by atoms with Gasteiger partial charge in [-0.2, -0.15) is 0 Å². The molecule has 0 aromatic heterocycles. The van der Waals surface area contributed by atoms with Crippen LogP contribution in [-0.4, -0.2) is 42.4 Å². The fourth-order valence-corrected chi connectivity index (χ4v) is 6.41. The number of methoxy groups -OCH3 is 1. The van der Waals surface area contributed by atoms with E-state index in [9.17, 15) is 5.11 Å². The first-order valence-electron chi connectivity index (χ1n) is 13.1. The number of ether oxygens (including phenoxy) is 2. The minimum Gasteiger partial charge on any atom is -0.493 e. The lowest BCUT2D eigenvalue weighted by Crippen LogP contribution is -2.45. The molecule has 1 aliphatic heterocycles. The van der Waals surface area contributed by atoms with Crippen molar-refractivity contribution in [2.45, 2.75) is 76.9 Å². The predicted molar refractivity (Wildman–Crippen MR) is 144 cm³/mol. The van der Waals surface area contributed by atoms with Crippen molar-refractivity contribution < 1.29 is 14.6 Å². The predicted octanol–water partition coefficient (Wildman–Crippen LogP) is 6.89. The van der Waals surface area contributed by atoms with Crippen LogP contribution >= 0.6 is 0 Å². The molecule has 0 amide bonds. The molecular formula is C31H43NO3. The highest BCUT2D eigenvalue weighted by Gasteiger charge is 2.45. The molecule has 4 heteroatoms. The van der Waals surface area contributed by atoms with Crippen LogP contribution in [-0.2, 0) is 5.41 Å². The van der Waals surface area contributed by atoms with Crippen LogP contribution in [0.1, 0.15) is 64.0 Å². The largest absolute Gasteiger partial charge is 0.493 e. The second-order valence-electron chi connectivity index (χ2n) is 11.4. The normalized spacial score (nSPS) is 27.9. The Morgan fingerprint density at radius 1 is 1.09 bits per heavy atom. The van der Waals surface area contributed by atoms with E-state index in [1.165, 1.54) is 11.1 Å². The molecule has 2 aromatic carbocycles. The smallest absolute Gasteiger partial charge is 0.173 e. The second kappa shape index (κ2) is 10.4. The van der Waals surface area contributed by atoms with Gasteiger partial charge in [0.15, 0.2) is 11.5 Å². The van der Waals surface area contributed by atoms with Gasteiger partial charge in [-0.1, -0.05) is 36.4 Å². The van der Waals surface area contributed by atoms with Crippen LogP contribution in [0, 0.1) is 18.8 Å². The van der Waals surface area contributed by atoms with Crippen molar-refractivity contribution >= 4 is 0 Å². The standard InChI is InChI=1S/C31H43NO3/c1-22-14-17-27(34-6)29(35-25-12-8-7-9-13-25)28(22)31-18-10-11-24(21-31)26(30(3,4)33)16-15-23(2)32(5)20-19-31/h7-14,17,23-24,26,33H,15-16,18-21H2,1-6H3/t23?,24-,26+,31?/m0/s1. The molecule has 4 rings (SSSR count). The van der Waals surface area contributed by atoms with E-state index in [4.69, 9.17) is 9.47 Å². The number of allylic oxidation sites excluding steroid dienone is 2. The first-order chi connectivity index (χ1) is 16.6. The van der Waals surface area contributed by atoms with Gasteiger partial charge in [0.05, 0.1) is 12.7 Å². The molecule has 2 aliphatic rings. The minimum absolute atomic E-state index is 0.100. The van der Waals surface area contributed by atoms with Crippen LogP contribution in [0.25, 0.3) is 0 Å². The average Bonchev–Trinajstić information content (AvgIpc) is 2.82. The van der Waals surface area contributed by atoms with Gasteiger partial charge in [-0.25, -0.2) is 0 Å². The molecule has 1 fully saturated rings. The van der Waals surface area contributed by atoms with E-state index in [0.717, 1.165) is 55.9 Å². The van der Waals surface area contributed by atoms with Crippen LogP contribution in [0.4, 0.5) is 0 Å². The SMILES string of the molecule is COc1ccc(C)c(C23CC=C[C@@H](C2)[C@H](C(C)(C)O)CCC(C)N(C)CC3)c1Oc1ccccc1. The van der Waals surface area contributed by atoms with E-state index in [1.807, 2.05) is 50.2 Å². The summed E-state index contributed by atoms with van der Waals surface area (Å²) in [4.78, 5) is 2.50. The highest BCUT2D eigenvalue weighted by atomic mass is 16.5. The van der Waals surface area contributed by atoms with Gasteiger partial charge in [0.25, 0.3) is 0 Å². The van der Waals surface area contributed by atoms with Crippen LogP contribution in [0.15, 0.2) is 54.6 Å². The quantitative estimate of drug-likeness (QED) is 0.476. The van der Waals surface area contributed by atoms with E-state index < -0.39 is 5.60 Å². The topological polar surface area (TPSA) is 41.9 Å². The Morgan fingerprint density at radius 3 is 2.51 bits per heavy atom. The van der Waals surface area contributed by atoms with E-state index in [0.29, 0.717) is 12.0 Å². The number of benzene rings is 2. The van der Waals surface area contributed by atoms with E-state index in [1.54, 1.807) is 7.11 Å². The van der Waals surface area contributed by atoms with Gasteiger partial charge in [-0.15, -0.1) is 0 Å². The third-order valence-electron chi connectivity index (χ3n) is 8.58. The van der Waals surface area contributed by atoms with Crippen LogP contribution in [0.3, 0.4) is 0 Å². The maximum atomic E-state index is 11.2. The van der Waals surface area contributed by atoms with Gasteiger partial charge in [0.2, 0.25) is 0 Å². The van der Waals surface area contributed by atoms with Crippen molar-refractivity contribution in [1.82, 2.24) is 4.90 Å². The summed E-state index contributed by atoms with van der Waals surface area (Å²) in [6, 6.07) is 14.7. The molecule has 2 aromatic rings. The number of hydrogen-bond donors (Lipinski definition) is 1. The molecule has 35 heavy (non-hydrogen) atoms. The lowest BCUT2D eigenvalue weighted by atomic mass is 9.60. The summed E-state index contributed by atoms with van der Waals surface area (Å²) >= 11 is 0. The van der Waals surface area contributed by atoms with Crippen molar-refractivity contribution in [3.63, 3.8) is 0 Å². The monoisotopic (exact) mass is 477 g/mol. The molecule has 2 bridgehead atoms. The number of fused-ring (bicyclic) bond motifs is 2. The van der Waals surface area contributed by atoms with Gasteiger partial charge in [-0.05, 0) is 109 Å². The number of aliphatic hydroxyl groups is 1. The maximum absolute atomic E-state index is 11.2. The lowest BCUT2D eigenvalue weighted by molar-refractivity contribution is -0.0193. The van der Waals surface area contributed by atoms with E-state index >= 15 is 0 Å². The number of aryl methyl sites for hydroxylation is 1. The summed E-state index contributed by atoms with van der Waals surface area (Å²) in [5.74, 6) is 2.94. The van der Waals surface area contributed by atoms with Gasteiger partial charge in [-0.3, -0.25) is 0 Å². The maximum Gasteiger partial charge on any atom is 0.173 e. The first-order valence-corrected chi connectivity index (χ1v) is 13.1. The summed E-state index contributed by atoms with van der Waals surface area (Å²) in [6.07, 6.45) is 9.86. The summed E-state index contributed by atoms with van der Waals surface area (Å²) in [7, 11) is 3.97. The Hall–Kier alpha value is -2.30. The lowest BCUT2D eigenvalue weighted by Gasteiger charge is -2.47. The van der Waals surface area contributed by atoms with Crippen molar-refractivity contribution in [2.24, 2.45) is 11.8 Å². The first kappa shape index (κ1) is 25.8. The minimum atomic E-state index is -0.734. The summed E-state index contributed by atoms with van der Waals surface area (Å²) in [5, 5.41) is 11.2. The summed E-state index contributed by atoms with van der Waals surface area (Å²) in [6.45, 7) is 9.52. The second-order valence-corrected chi connectivity index (χ2v) is 11.4. The van der Waals surface area contributed by atoms with Gasteiger partial charge in [0, 0.05) is 17.0 Å². The molecule has 1 aliphatic carbocycles. The molecule has 1 heterocycles. The molecule has 2 unspecified atom stereocenters. The van der Waals surface area contributed by atoms with Crippen molar-refractivity contribution in [3.8, 4) is 17.2 Å². The average molecular weight is 478 g/mol. The van der Waals surface area contributed by atoms with Gasteiger partial charge >= 0.3 is 0 Å². The third-order valence-corrected chi connectivity index (χ3v) is 8.58. The molecule has 0 spiro atoms. The van der Waals surface area contributed by atoms with Gasteiger partial charge in [0.1, 0.15) is 5.75 Å². The molecule has 4 atom stereocenters. The number of para-hydroxylation sites is 1. The Bertz CT molecular complexity index is 1030. The zero-order chi connectivity index (χ0) is 25.2. The van der Waals surface area contributed by atoms with Crippen LogP contribution in [0.2, 0.25) is 0 Å². The van der Waals surface area contributed by atoms with Gasteiger partial charge < -0.3 is 19.5 Å². The van der Waals surface area contributed by atoms with Crippen LogP contribution in [0.5, 0.6) is 17.2 Å². The fraction of sp³-hybridized carbons (Fsp3) is 0.548. The number of hydrogen-bond acceptors (Lipinski definition) is 4. The zero-order valence-corrected chi connectivity index (χ0v) is 22.4. The summed E-state index contributed by atoms with van der Waals surface area (Å²) < 4.78 is 12.5. The Kier molecular flexibility index (Phi) is 7.63. The number of nitrogens with zero attached hydrogens (tertiary/aromatic N) is 1. The molecule has 0 radical (unpaired) electrons. The van der Waals surface area contributed by atoms with Crippen molar-refractivity contribution in [3.05, 3.63) is 65.7 Å². The van der Waals surface area contributed by atoms with E-state index in [2.05, 4.69) is 44.0 Å². The molecule has 0 saturated carbocycles. The van der Waals surface area contributed by atoms with Crippen molar-refractivity contribution in [2.75, 3.05) is 20.7 Å². The third kappa shape index (κ3) is 5.44. The molecule has 1 saturated heterocycles. The molecule has 4 nitrogen and oxygen atoms in total.